The van der Waals surface area contributed by atoms with Crippen LogP contribution in [-0.2, 0) is 5.75 Å². The zero-order valence-corrected chi connectivity index (χ0v) is 16.8. The fourth-order valence-electron chi connectivity index (χ4n) is 2.82. The molecule has 0 amide bonds. The zero-order valence-electron chi connectivity index (χ0n) is 14.3. The van der Waals surface area contributed by atoms with Crippen LogP contribution < -0.4 is 0 Å². The maximum Gasteiger partial charge on any atom is 0.173 e. The van der Waals surface area contributed by atoms with Crippen LogP contribution in [0.5, 0.6) is 0 Å². The number of rotatable bonds is 5. The van der Waals surface area contributed by atoms with Crippen LogP contribution in [0.3, 0.4) is 0 Å². The predicted octanol–water partition coefficient (Wildman–Crippen LogP) is 6.73. The lowest BCUT2D eigenvalue weighted by molar-refractivity contribution is 0.627. The van der Waals surface area contributed by atoms with Crippen molar-refractivity contribution in [2.45, 2.75) is 10.9 Å². The molecule has 0 bridgehead atoms. The molecule has 0 saturated heterocycles. The van der Waals surface area contributed by atoms with E-state index in [0.717, 1.165) is 32.3 Å². The van der Waals surface area contributed by atoms with E-state index in [-0.39, 0.29) is 5.82 Å². The van der Waals surface area contributed by atoms with Gasteiger partial charge in [-0.2, -0.15) is 0 Å². The highest BCUT2D eigenvalue weighted by Gasteiger charge is 2.14. The summed E-state index contributed by atoms with van der Waals surface area (Å²) in [7, 11) is 0. The number of hydrogen-bond donors (Lipinski definition) is 0. The van der Waals surface area contributed by atoms with E-state index in [1.165, 1.54) is 17.7 Å². The Morgan fingerprint density at radius 1 is 0.889 bits per heavy atom. The van der Waals surface area contributed by atoms with Crippen molar-refractivity contribution in [3.8, 4) is 16.9 Å². The lowest BCUT2D eigenvalue weighted by atomic mass is 10.1. The molecule has 5 heteroatoms. The summed E-state index contributed by atoms with van der Waals surface area (Å²) in [5.41, 5.74) is 4.16. The second kappa shape index (κ2) is 8.11. The normalized spacial score (nSPS) is 10.9. The first-order valence-electron chi connectivity index (χ1n) is 8.47. The van der Waals surface area contributed by atoms with Crippen LogP contribution in [0.1, 0.15) is 5.56 Å². The van der Waals surface area contributed by atoms with Gasteiger partial charge in [-0.3, -0.25) is 4.57 Å². The van der Waals surface area contributed by atoms with E-state index in [2.05, 4.69) is 37.6 Å². The van der Waals surface area contributed by atoms with Crippen LogP contribution in [0, 0.1) is 5.82 Å². The van der Waals surface area contributed by atoms with Crippen LogP contribution in [0.25, 0.3) is 16.9 Å². The highest BCUT2D eigenvalue weighted by molar-refractivity contribution is 9.10. The standard InChI is InChI=1S/C22H16BrFN2S/c23-18-8-6-17(7-9-18)21-14-25-22(27-15-16-4-2-1-3-5-16)26(21)20-12-10-19(24)11-13-20/h1-14H,15H2. The summed E-state index contributed by atoms with van der Waals surface area (Å²) in [5, 5.41) is 0.878. The molecule has 0 spiro atoms. The van der Waals surface area contributed by atoms with Crippen molar-refractivity contribution in [2.75, 3.05) is 0 Å². The zero-order chi connectivity index (χ0) is 18.6. The molecule has 2 nitrogen and oxygen atoms in total. The first-order valence-corrected chi connectivity index (χ1v) is 10.2. The van der Waals surface area contributed by atoms with Gasteiger partial charge in [-0.15, -0.1) is 0 Å². The van der Waals surface area contributed by atoms with Gasteiger partial charge in [0.05, 0.1) is 11.9 Å². The minimum Gasteiger partial charge on any atom is -0.287 e. The van der Waals surface area contributed by atoms with E-state index < -0.39 is 0 Å². The summed E-state index contributed by atoms with van der Waals surface area (Å²) >= 11 is 5.14. The first kappa shape index (κ1) is 18.0. The summed E-state index contributed by atoms with van der Waals surface area (Å²) in [6, 6.07) is 24.9. The minimum absolute atomic E-state index is 0.248. The maximum absolute atomic E-state index is 13.4. The van der Waals surface area contributed by atoms with E-state index in [4.69, 9.17) is 0 Å². The molecule has 0 aliphatic carbocycles. The van der Waals surface area contributed by atoms with Gasteiger partial charge in [-0.25, -0.2) is 9.37 Å². The van der Waals surface area contributed by atoms with Crippen molar-refractivity contribution in [3.63, 3.8) is 0 Å². The van der Waals surface area contributed by atoms with Crippen molar-refractivity contribution < 1.29 is 4.39 Å². The van der Waals surface area contributed by atoms with Gasteiger partial charge in [0.25, 0.3) is 0 Å². The molecule has 1 aromatic heterocycles. The molecule has 0 unspecified atom stereocenters. The lowest BCUT2D eigenvalue weighted by Crippen LogP contribution is -1.99. The summed E-state index contributed by atoms with van der Waals surface area (Å²) in [6.45, 7) is 0. The molecule has 0 aliphatic heterocycles. The molecule has 134 valence electrons. The first-order chi connectivity index (χ1) is 13.2. The Balaban J connectivity index is 1.74. The second-order valence-corrected chi connectivity index (χ2v) is 7.88. The average molecular weight is 439 g/mol. The molecule has 27 heavy (non-hydrogen) atoms. The molecule has 1 heterocycles. The summed E-state index contributed by atoms with van der Waals surface area (Å²) in [5.74, 6) is 0.571. The average Bonchev–Trinajstić information content (AvgIpc) is 3.12. The van der Waals surface area contributed by atoms with Gasteiger partial charge >= 0.3 is 0 Å². The van der Waals surface area contributed by atoms with Crippen molar-refractivity contribution in [2.24, 2.45) is 0 Å². The molecular formula is C22H16BrFN2S. The lowest BCUT2D eigenvalue weighted by Gasteiger charge is -2.12. The van der Waals surface area contributed by atoms with E-state index in [9.17, 15) is 4.39 Å². The van der Waals surface area contributed by atoms with Gasteiger partial charge in [-0.05, 0) is 42.0 Å². The van der Waals surface area contributed by atoms with Crippen molar-refractivity contribution in [1.29, 1.82) is 0 Å². The molecule has 4 rings (SSSR count). The number of benzene rings is 3. The van der Waals surface area contributed by atoms with Gasteiger partial charge < -0.3 is 0 Å². The van der Waals surface area contributed by atoms with Gasteiger partial charge in [0, 0.05) is 21.5 Å². The third kappa shape index (κ3) is 4.15. The van der Waals surface area contributed by atoms with Crippen molar-refractivity contribution in [3.05, 3.63) is 101 Å². The predicted molar refractivity (Wildman–Crippen MR) is 113 cm³/mol. The molecule has 3 aromatic carbocycles. The molecule has 0 N–H and O–H groups in total. The van der Waals surface area contributed by atoms with E-state index in [0.29, 0.717) is 0 Å². The molecule has 0 fully saturated rings. The quantitative estimate of drug-likeness (QED) is 0.321. The SMILES string of the molecule is Fc1ccc(-n2c(-c3ccc(Br)cc3)cnc2SCc2ccccc2)cc1. The number of hydrogen-bond acceptors (Lipinski definition) is 2. The van der Waals surface area contributed by atoms with Gasteiger partial charge in [0.1, 0.15) is 5.82 Å². The molecule has 0 radical (unpaired) electrons. The Bertz CT molecular complexity index is 1030. The number of imidazole rings is 1. The van der Waals surface area contributed by atoms with Crippen LogP contribution in [0.15, 0.2) is 94.7 Å². The van der Waals surface area contributed by atoms with E-state index in [1.54, 1.807) is 23.9 Å². The molecule has 0 aliphatic rings. The second-order valence-electron chi connectivity index (χ2n) is 6.02. The van der Waals surface area contributed by atoms with E-state index >= 15 is 0 Å². The summed E-state index contributed by atoms with van der Waals surface area (Å²) in [6.07, 6.45) is 1.87. The summed E-state index contributed by atoms with van der Waals surface area (Å²) in [4.78, 5) is 4.65. The Labute approximate surface area is 170 Å². The topological polar surface area (TPSA) is 17.8 Å². The van der Waals surface area contributed by atoms with Crippen molar-refractivity contribution >= 4 is 27.7 Å². The summed E-state index contributed by atoms with van der Waals surface area (Å²) < 4.78 is 16.5. The fraction of sp³-hybridized carbons (Fsp3) is 0.0455. The Kier molecular flexibility index (Phi) is 5.41. The molecule has 0 saturated carbocycles. The maximum atomic E-state index is 13.4. The van der Waals surface area contributed by atoms with Crippen LogP contribution >= 0.6 is 27.7 Å². The highest BCUT2D eigenvalue weighted by atomic mass is 79.9. The van der Waals surface area contributed by atoms with Crippen molar-refractivity contribution in [1.82, 2.24) is 9.55 Å². The van der Waals surface area contributed by atoms with Gasteiger partial charge in [0.2, 0.25) is 0 Å². The Hall–Kier alpha value is -2.37. The molecule has 0 atom stereocenters. The minimum atomic E-state index is -0.248. The van der Waals surface area contributed by atoms with Crippen LogP contribution in [0.2, 0.25) is 0 Å². The number of nitrogens with zero attached hydrogens (tertiary/aromatic N) is 2. The fourth-order valence-corrected chi connectivity index (χ4v) is 4.04. The van der Waals surface area contributed by atoms with Crippen LogP contribution in [0.4, 0.5) is 4.39 Å². The molecular weight excluding hydrogens is 423 g/mol. The third-order valence-corrected chi connectivity index (χ3v) is 5.72. The third-order valence-electron chi connectivity index (χ3n) is 4.17. The highest BCUT2D eigenvalue weighted by Crippen LogP contribution is 2.32. The number of aromatic nitrogens is 2. The van der Waals surface area contributed by atoms with Gasteiger partial charge in [0.15, 0.2) is 5.16 Å². The largest absolute Gasteiger partial charge is 0.287 e. The van der Waals surface area contributed by atoms with E-state index in [1.807, 2.05) is 48.7 Å². The molecule has 4 aromatic rings. The Morgan fingerprint density at radius 2 is 1.59 bits per heavy atom. The van der Waals surface area contributed by atoms with Crippen LogP contribution in [-0.4, -0.2) is 9.55 Å². The van der Waals surface area contributed by atoms with Gasteiger partial charge in [-0.1, -0.05) is 70.2 Å². The number of thioether (sulfide) groups is 1. The monoisotopic (exact) mass is 438 g/mol. The Morgan fingerprint density at radius 3 is 2.30 bits per heavy atom. The number of halogens is 2. The smallest absolute Gasteiger partial charge is 0.173 e.